The number of benzene rings is 1. The van der Waals surface area contributed by atoms with E-state index in [0.717, 1.165) is 18.4 Å². The molecule has 76 valence electrons. The van der Waals surface area contributed by atoms with Gasteiger partial charge in [-0.05, 0) is 32.3 Å². The second-order valence-corrected chi connectivity index (χ2v) is 3.97. The molecule has 1 N–H and O–H groups in total. The summed E-state index contributed by atoms with van der Waals surface area (Å²) in [5, 5.41) is 10.2. The van der Waals surface area contributed by atoms with Crippen LogP contribution in [-0.2, 0) is 5.60 Å². The van der Waals surface area contributed by atoms with Gasteiger partial charge in [-0.2, -0.15) is 0 Å². The Labute approximate surface area is 86.1 Å². The van der Waals surface area contributed by atoms with Crippen molar-refractivity contribution in [3.8, 4) is 0 Å². The van der Waals surface area contributed by atoms with Gasteiger partial charge in [-0.3, -0.25) is 0 Å². The molecular formula is C13H18O. The van der Waals surface area contributed by atoms with Crippen LogP contribution in [0.5, 0.6) is 0 Å². The van der Waals surface area contributed by atoms with Crippen molar-refractivity contribution in [2.24, 2.45) is 0 Å². The van der Waals surface area contributed by atoms with Crippen LogP contribution in [0.1, 0.15) is 30.9 Å². The van der Waals surface area contributed by atoms with Gasteiger partial charge >= 0.3 is 0 Å². The van der Waals surface area contributed by atoms with E-state index in [-0.39, 0.29) is 0 Å². The normalized spacial score (nSPS) is 14.8. The molecule has 0 heterocycles. The van der Waals surface area contributed by atoms with Crippen molar-refractivity contribution in [3.05, 3.63) is 48.0 Å². The summed E-state index contributed by atoms with van der Waals surface area (Å²) in [5.41, 5.74) is 1.43. The Balaban J connectivity index is 2.85. The quantitative estimate of drug-likeness (QED) is 0.723. The SMILES string of the molecule is C=CCCC(C)(O)c1cccc(C)c1. The lowest BCUT2D eigenvalue weighted by Gasteiger charge is -2.23. The number of hydrogen-bond acceptors (Lipinski definition) is 1. The van der Waals surface area contributed by atoms with Crippen molar-refractivity contribution >= 4 is 0 Å². The van der Waals surface area contributed by atoms with E-state index in [9.17, 15) is 5.11 Å². The molecule has 14 heavy (non-hydrogen) atoms. The molecule has 0 amide bonds. The van der Waals surface area contributed by atoms with Crippen molar-refractivity contribution in [3.63, 3.8) is 0 Å². The first-order chi connectivity index (χ1) is 6.56. The van der Waals surface area contributed by atoms with Gasteiger partial charge in [0.15, 0.2) is 0 Å². The molecule has 0 aliphatic carbocycles. The number of rotatable bonds is 4. The number of hydrogen-bond donors (Lipinski definition) is 1. The largest absolute Gasteiger partial charge is 0.385 e. The minimum absolute atomic E-state index is 0.722. The molecule has 1 unspecified atom stereocenters. The third-order valence-electron chi connectivity index (χ3n) is 2.48. The van der Waals surface area contributed by atoms with Crippen LogP contribution in [0.25, 0.3) is 0 Å². The molecule has 1 atom stereocenters. The van der Waals surface area contributed by atoms with Crippen LogP contribution in [-0.4, -0.2) is 5.11 Å². The lowest BCUT2D eigenvalue weighted by Crippen LogP contribution is -2.20. The Kier molecular flexibility index (Phi) is 3.48. The molecule has 0 aliphatic rings. The van der Waals surface area contributed by atoms with E-state index in [1.165, 1.54) is 5.56 Å². The van der Waals surface area contributed by atoms with Crippen LogP contribution in [0.15, 0.2) is 36.9 Å². The van der Waals surface area contributed by atoms with Gasteiger partial charge in [0.1, 0.15) is 0 Å². The first-order valence-electron chi connectivity index (χ1n) is 4.97. The zero-order valence-electron chi connectivity index (χ0n) is 8.96. The Hall–Kier alpha value is -1.08. The fourth-order valence-corrected chi connectivity index (χ4v) is 1.51. The minimum atomic E-state index is -0.736. The van der Waals surface area contributed by atoms with Gasteiger partial charge in [-0.15, -0.1) is 6.58 Å². The van der Waals surface area contributed by atoms with Crippen LogP contribution in [0.2, 0.25) is 0 Å². The predicted octanol–water partition coefficient (Wildman–Crippen LogP) is 3.17. The molecule has 0 aliphatic heterocycles. The van der Waals surface area contributed by atoms with E-state index >= 15 is 0 Å². The zero-order chi connectivity index (χ0) is 10.6. The summed E-state index contributed by atoms with van der Waals surface area (Å²) < 4.78 is 0. The van der Waals surface area contributed by atoms with Crippen molar-refractivity contribution in [2.45, 2.75) is 32.3 Å². The summed E-state index contributed by atoms with van der Waals surface area (Å²) in [7, 11) is 0. The van der Waals surface area contributed by atoms with Gasteiger partial charge < -0.3 is 5.11 Å². The highest BCUT2D eigenvalue weighted by Crippen LogP contribution is 2.26. The standard InChI is InChI=1S/C13H18O/c1-4-5-9-13(3,14)12-8-6-7-11(2)10-12/h4,6-8,10,14H,1,5,9H2,2-3H3. The molecule has 1 rings (SSSR count). The highest BCUT2D eigenvalue weighted by Gasteiger charge is 2.21. The van der Waals surface area contributed by atoms with Crippen LogP contribution in [0.4, 0.5) is 0 Å². The number of allylic oxidation sites excluding steroid dienone is 1. The molecular weight excluding hydrogens is 172 g/mol. The predicted molar refractivity (Wildman–Crippen MR) is 60.2 cm³/mol. The molecule has 1 aromatic rings. The number of aryl methyl sites for hydroxylation is 1. The highest BCUT2D eigenvalue weighted by molar-refractivity contribution is 5.26. The minimum Gasteiger partial charge on any atom is -0.385 e. The molecule has 0 spiro atoms. The van der Waals surface area contributed by atoms with Crippen molar-refractivity contribution in [2.75, 3.05) is 0 Å². The van der Waals surface area contributed by atoms with E-state index in [2.05, 4.69) is 6.58 Å². The first-order valence-corrected chi connectivity index (χ1v) is 4.97. The highest BCUT2D eigenvalue weighted by atomic mass is 16.3. The van der Waals surface area contributed by atoms with Gasteiger partial charge in [0.25, 0.3) is 0 Å². The number of aliphatic hydroxyl groups is 1. The second kappa shape index (κ2) is 4.43. The molecule has 1 nitrogen and oxygen atoms in total. The van der Waals surface area contributed by atoms with E-state index in [1.54, 1.807) is 0 Å². The second-order valence-electron chi connectivity index (χ2n) is 3.97. The van der Waals surface area contributed by atoms with Gasteiger partial charge in [-0.25, -0.2) is 0 Å². The monoisotopic (exact) mass is 190 g/mol. The topological polar surface area (TPSA) is 20.2 Å². The fourth-order valence-electron chi connectivity index (χ4n) is 1.51. The van der Waals surface area contributed by atoms with Gasteiger partial charge in [0.2, 0.25) is 0 Å². The van der Waals surface area contributed by atoms with Crippen molar-refractivity contribution < 1.29 is 5.11 Å². The Morgan fingerprint density at radius 1 is 1.50 bits per heavy atom. The molecule has 1 aromatic carbocycles. The van der Waals surface area contributed by atoms with Crippen LogP contribution < -0.4 is 0 Å². The van der Waals surface area contributed by atoms with Crippen molar-refractivity contribution in [1.29, 1.82) is 0 Å². The van der Waals surface area contributed by atoms with Gasteiger partial charge in [-0.1, -0.05) is 35.9 Å². The van der Waals surface area contributed by atoms with Crippen molar-refractivity contribution in [1.82, 2.24) is 0 Å². The molecule has 0 aromatic heterocycles. The first kappa shape index (κ1) is 11.0. The summed E-state index contributed by atoms with van der Waals surface area (Å²) in [6.07, 6.45) is 3.39. The van der Waals surface area contributed by atoms with E-state index < -0.39 is 5.60 Å². The maximum absolute atomic E-state index is 10.2. The third-order valence-corrected chi connectivity index (χ3v) is 2.48. The van der Waals surface area contributed by atoms with Gasteiger partial charge in [0, 0.05) is 0 Å². The average Bonchev–Trinajstić information content (AvgIpc) is 2.15. The van der Waals surface area contributed by atoms with Crippen LogP contribution in [0, 0.1) is 6.92 Å². The van der Waals surface area contributed by atoms with Crippen LogP contribution >= 0.6 is 0 Å². The van der Waals surface area contributed by atoms with E-state index in [4.69, 9.17) is 0 Å². The molecule has 0 saturated heterocycles. The smallest absolute Gasteiger partial charge is 0.0871 e. The molecule has 1 heteroatoms. The Morgan fingerprint density at radius 2 is 2.21 bits per heavy atom. The lowest BCUT2D eigenvalue weighted by molar-refractivity contribution is 0.0487. The maximum Gasteiger partial charge on any atom is 0.0871 e. The van der Waals surface area contributed by atoms with E-state index in [1.807, 2.05) is 44.2 Å². The van der Waals surface area contributed by atoms with Crippen LogP contribution in [0.3, 0.4) is 0 Å². The summed E-state index contributed by atoms with van der Waals surface area (Å²) in [5.74, 6) is 0. The molecule has 0 saturated carbocycles. The lowest BCUT2D eigenvalue weighted by atomic mass is 9.90. The summed E-state index contributed by atoms with van der Waals surface area (Å²) in [6.45, 7) is 7.55. The molecule has 0 bridgehead atoms. The molecule has 0 fully saturated rings. The Bertz CT molecular complexity index is 313. The Morgan fingerprint density at radius 3 is 2.79 bits per heavy atom. The fraction of sp³-hybridized carbons (Fsp3) is 0.385. The van der Waals surface area contributed by atoms with E-state index in [0.29, 0.717) is 0 Å². The summed E-state index contributed by atoms with van der Waals surface area (Å²) >= 11 is 0. The maximum atomic E-state index is 10.2. The average molecular weight is 190 g/mol. The van der Waals surface area contributed by atoms with Gasteiger partial charge in [0.05, 0.1) is 5.60 Å². The zero-order valence-corrected chi connectivity index (χ0v) is 8.96. The summed E-state index contributed by atoms with van der Waals surface area (Å²) in [4.78, 5) is 0. The molecule has 0 radical (unpaired) electrons. The summed E-state index contributed by atoms with van der Waals surface area (Å²) in [6, 6.07) is 8.01. The third kappa shape index (κ3) is 2.71.